The highest BCUT2D eigenvalue weighted by Gasteiger charge is 2.46. The van der Waals surface area contributed by atoms with E-state index in [1.165, 1.54) is 0 Å². The molecule has 3 heterocycles. The number of nitrogens with zero attached hydrogens (tertiary/aromatic N) is 2. The fourth-order valence-electron chi connectivity index (χ4n) is 3.90. The Morgan fingerprint density at radius 3 is 2.87 bits per heavy atom. The zero-order valence-corrected chi connectivity index (χ0v) is 16.5. The number of carbonyl (C=O) groups is 2. The van der Waals surface area contributed by atoms with E-state index in [0.717, 1.165) is 10.9 Å². The average molecular weight is 430 g/mol. The SMILES string of the molecule is O=C(NC1(COC(F)F)CC1)c1onc2c1CN(C(=O)c1cc3ccccc3[nH]1)CC2. The molecule has 1 aliphatic carbocycles. The molecule has 0 spiro atoms. The highest BCUT2D eigenvalue weighted by molar-refractivity contribution is 5.98. The monoisotopic (exact) mass is 430 g/mol. The Morgan fingerprint density at radius 2 is 2.13 bits per heavy atom. The van der Waals surface area contributed by atoms with Crippen molar-refractivity contribution >= 4 is 22.7 Å². The Morgan fingerprint density at radius 1 is 1.32 bits per heavy atom. The molecule has 0 unspecified atom stereocenters. The summed E-state index contributed by atoms with van der Waals surface area (Å²) in [6, 6.07) is 9.41. The van der Waals surface area contributed by atoms with Crippen LogP contribution in [0.2, 0.25) is 0 Å². The summed E-state index contributed by atoms with van der Waals surface area (Å²) in [6.07, 6.45) is 1.55. The van der Waals surface area contributed by atoms with E-state index < -0.39 is 18.1 Å². The molecule has 5 rings (SSSR count). The van der Waals surface area contributed by atoms with Gasteiger partial charge in [-0.05, 0) is 25.0 Å². The van der Waals surface area contributed by atoms with E-state index in [0.29, 0.717) is 42.8 Å². The van der Waals surface area contributed by atoms with Crippen LogP contribution >= 0.6 is 0 Å². The standard InChI is InChI=1S/C21H20F2N4O4/c22-20(23)30-11-21(6-7-21)25-18(28)17-13-10-27(8-5-15(13)26-31-17)19(29)16-9-12-3-1-2-4-14(12)24-16/h1-4,9,20,24H,5-8,10-11H2,(H,25,28). The third kappa shape index (κ3) is 3.78. The summed E-state index contributed by atoms with van der Waals surface area (Å²) in [6.45, 7) is -2.54. The lowest BCUT2D eigenvalue weighted by Gasteiger charge is -2.26. The summed E-state index contributed by atoms with van der Waals surface area (Å²) < 4.78 is 34.3. The second-order valence-electron chi connectivity index (χ2n) is 7.99. The third-order valence-corrected chi connectivity index (χ3v) is 5.81. The summed E-state index contributed by atoms with van der Waals surface area (Å²) in [4.78, 5) is 30.5. The van der Waals surface area contributed by atoms with Gasteiger partial charge in [-0.1, -0.05) is 23.4 Å². The van der Waals surface area contributed by atoms with Gasteiger partial charge in [0.15, 0.2) is 0 Å². The van der Waals surface area contributed by atoms with Crippen molar-refractivity contribution < 1.29 is 27.6 Å². The Bertz CT molecular complexity index is 1120. The van der Waals surface area contributed by atoms with E-state index in [9.17, 15) is 18.4 Å². The highest BCUT2D eigenvalue weighted by atomic mass is 19.3. The number of ether oxygens (including phenoxy) is 1. The maximum atomic E-state index is 13.0. The van der Waals surface area contributed by atoms with Crippen molar-refractivity contribution in [2.45, 2.75) is 38.0 Å². The van der Waals surface area contributed by atoms with Gasteiger partial charge in [0.25, 0.3) is 11.8 Å². The molecule has 162 valence electrons. The molecule has 1 aromatic carbocycles. The summed E-state index contributed by atoms with van der Waals surface area (Å²) in [5, 5.41) is 7.64. The van der Waals surface area contributed by atoms with Crippen LogP contribution in [0.4, 0.5) is 8.78 Å². The van der Waals surface area contributed by atoms with Gasteiger partial charge < -0.3 is 24.5 Å². The molecule has 0 atom stereocenters. The number of aromatic nitrogens is 2. The van der Waals surface area contributed by atoms with E-state index in [1.54, 1.807) is 11.0 Å². The number of hydrogen-bond acceptors (Lipinski definition) is 5. The molecule has 2 N–H and O–H groups in total. The lowest BCUT2D eigenvalue weighted by Crippen LogP contribution is -2.42. The van der Waals surface area contributed by atoms with Gasteiger partial charge in [0.05, 0.1) is 24.4 Å². The average Bonchev–Trinajstić information content (AvgIpc) is 3.20. The molecule has 10 heteroatoms. The molecule has 8 nitrogen and oxygen atoms in total. The lowest BCUT2D eigenvalue weighted by atomic mass is 10.0. The number of aromatic amines is 1. The summed E-state index contributed by atoms with van der Waals surface area (Å²) in [5.41, 5.74) is 1.70. The van der Waals surface area contributed by atoms with Gasteiger partial charge in [0.2, 0.25) is 5.76 Å². The number of halogens is 2. The molecular weight excluding hydrogens is 410 g/mol. The van der Waals surface area contributed by atoms with E-state index in [-0.39, 0.29) is 24.8 Å². The number of hydrogen-bond donors (Lipinski definition) is 2. The molecule has 0 radical (unpaired) electrons. The number of rotatable bonds is 6. The minimum absolute atomic E-state index is 0.00692. The second kappa shape index (κ2) is 7.45. The third-order valence-electron chi connectivity index (χ3n) is 5.81. The van der Waals surface area contributed by atoms with Gasteiger partial charge >= 0.3 is 6.61 Å². The second-order valence-corrected chi connectivity index (χ2v) is 7.99. The minimum atomic E-state index is -2.89. The zero-order chi connectivity index (χ0) is 21.6. The highest BCUT2D eigenvalue weighted by Crippen LogP contribution is 2.37. The number of fused-ring (bicyclic) bond motifs is 2. The summed E-state index contributed by atoms with van der Waals surface area (Å²) in [5.74, 6) is -0.713. The van der Waals surface area contributed by atoms with Gasteiger partial charge in [0, 0.05) is 29.4 Å². The van der Waals surface area contributed by atoms with Crippen molar-refractivity contribution in [3.05, 3.63) is 53.0 Å². The Balaban J connectivity index is 1.31. The van der Waals surface area contributed by atoms with Gasteiger partial charge in [-0.25, -0.2) is 0 Å². The first-order valence-electron chi connectivity index (χ1n) is 10.0. The zero-order valence-electron chi connectivity index (χ0n) is 16.5. The number of benzene rings is 1. The maximum absolute atomic E-state index is 13.0. The molecule has 1 aliphatic heterocycles. The van der Waals surface area contributed by atoms with Crippen molar-refractivity contribution in [1.29, 1.82) is 0 Å². The van der Waals surface area contributed by atoms with Crippen LogP contribution in [0.5, 0.6) is 0 Å². The van der Waals surface area contributed by atoms with E-state index in [4.69, 9.17) is 4.52 Å². The first-order valence-corrected chi connectivity index (χ1v) is 10.0. The van der Waals surface area contributed by atoms with Crippen LogP contribution < -0.4 is 5.32 Å². The Kier molecular flexibility index (Phi) is 4.73. The van der Waals surface area contributed by atoms with Crippen molar-refractivity contribution in [2.75, 3.05) is 13.2 Å². The minimum Gasteiger partial charge on any atom is -0.351 e. The summed E-state index contributed by atoms with van der Waals surface area (Å²) in [7, 11) is 0. The van der Waals surface area contributed by atoms with Crippen molar-refractivity contribution in [2.24, 2.45) is 0 Å². The largest absolute Gasteiger partial charge is 0.351 e. The smallest absolute Gasteiger partial charge is 0.345 e. The molecule has 0 saturated heterocycles. The molecular formula is C21H20F2N4O4. The first-order chi connectivity index (χ1) is 14.9. The predicted molar refractivity (Wildman–Crippen MR) is 105 cm³/mol. The number of para-hydroxylation sites is 1. The first kappa shape index (κ1) is 19.7. The maximum Gasteiger partial charge on any atom is 0.345 e. The van der Waals surface area contributed by atoms with Crippen molar-refractivity contribution in [1.82, 2.24) is 20.4 Å². The summed E-state index contributed by atoms with van der Waals surface area (Å²) >= 11 is 0. The normalized spacial score (nSPS) is 17.1. The molecule has 31 heavy (non-hydrogen) atoms. The molecule has 1 saturated carbocycles. The van der Waals surface area contributed by atoms with Gasteiger partial charge in [0.1, 0.15) is 5.69 Å². The number of H-pyrrole nitrogens is 1. The molecule has 2 aliphatic rings. The molecule has 2 aromatic heterocycles. The number of alkyl halides is 2. The van der Waals surface area contributed by atoms with Gasteiger partial charge in [-0.3, -0.25) is 9.59 Å². The predicted octanol–water partition coefficient (Wildman–Crippen LogP) is 2.86. The van der Waals surface area contributed by atoms with E-state index in [2.05, 4.69) is 20.2 Å². The van der Waals surface area contributed by atoms with Gasteiger partial charge in [-0.2, -0.15) is 8.78 Å². The topological polar surface area (TPSA) is 100 Å². The molecule has 0 bridgehead atoms. The molecule has 1 fully saturated rings. The van der Waals surface area contributed by atoms with Crippen LogP contribution in [0.15, 0.2) is 34.9 Å². The molecule has 3 aromatic rings. The number of carbonyl (C=O) groups excluding carboxylic acids is 2. The van der Waals surface area contributed by atoms with E-state index >= 15 is 0 Å². The number of nitrogens with one attached hydrogen (secondary N) is 2. The van der Waals surface area contributed by atoms with Crippen molar-refractivity contribution in [3.8, 4) is 0 Å². The van der Waals surface area contributed by atoms with Crippen LogP contribution in [-0.4, -0.2) is 52.2 Å². The van der Waals surface area contributed by atoms with Crippen LogP contribution in [0.1, 0.15) is 45.1 Å². The van der Waals surface area contributed by atoms with Crippen LogP contribution in [-0.2, 0) is 17.7 Å². The Labute approximate surface area is 175 Å². The molecule has 2 amide bonds. The fraction of sp³-hybridized carbons (Fsp3) is 0.381. The fourth-order valence-corrected chi connectivity index (χ4v) is 3.90. The van der Waals surface area contributed by atoms with Crippen LogP contribution in [0.3, 0.4) is 0 Å². The van der Waals surface area contributed by atoms with Gasteiger partial charge in [-0.15, -0.1) is 0 Å². The lowest BCUT2D eigenvalue weighted by molar-refractivity contribution is -0.135. The van der Waals surface area contributed by atoms with Crippen molar-refractivity contribution in [3.63, 3.8) is 0 Å². The Hall–Kier alpha value is -3.27. The van der Waals surface area contributed by atoms with E-state index in [1.807, 2.05) is 24.3 Å². The van der Waals surface area contributed by atoms with Crippen LogP contribution in [0, 0.1) is 0 Å². The quantitative estimate of drug-likeness (QED) is 0.626. The number of amides is 2. The van der Waals surface area contributed by atoms with Crippen LogP contribution in [0.25, 0.3) is 10.9 Å².